The zero-order chi connectivity index (χ0) is 15.7. The van der Waals surface area contributed by atoms with Crippen molar-refractivity contribution in [2.75, 3.05) is 0 Å². The molecule has 2 aromatic rings. The Morgan fingerprint density at radius 2 is 2.00 bits per heavy atom. The summed E-state index contributed by atoms with van der Waals surface area (Å²) < 4.78 is 0. The highest BCUT2D eigenvalue weighted by molar-refractivity contribution is 6.35. The summed E-state index contributed by atoms with van der Waals surface area (Å²) in [5.74, 6) is -0.515. The first-order chi connectivity index (χ1) is 10.5. The summed E-state index contributed by atoms with van der Waals surface area (Å²) in [7, 11) is 0. The molecule has 1 aliphatic rings. The van der Waals surface area contributed by atoms with Crippen LogP contribution in [0, 0.1) is 6.92 Å². The van der Waals surface area contributed by atoms with Crippen LogP contribution in [-0.4, -0.2) is 11.6 Å². The first kappa shape index (κ1) is 15.1. The largest absolute Gasteiger partial charge is 0.272 e. The van der Waals surface area contributed by atoms with Crippen LogP contribution >= 0.6 is 23.2 Å². The van der Waals surface area contributed by atoms with Crippen LogP contribution in [0.25, 0.3) is 0 Å². The highest BCUT2D eigenvalue weighted by atomic mass is 35.5. The van der Waals surface area contributed by atoms with Gasteiger partial charge in [0.25, 0.3) is 0 Å². The average Bonchev–Trinajstić information content (AvgIpc) is 2.48. The van der Waals surface area contributed by atoms with Crippen molar-refractivity contribution in [1.82, 2.24) is 5.43 Å². The Labute approximate surface area is 138 Å². The Kier molecular flexibility index (Phi) is 4.19. The second kappa shape index (κ2) is 6.11. The molecule has 1 N–H and O–H groups in total. The molecule has 0 aromatic heterocycles. The zero-order valence-corrected chi connectivity index (χ0v) is 13.4. The van der Waals surface area contributed by atoms with Gasteiger partial charge in [0.2, 0.25) is 5.91 Å². The molecule has 0 bridgehead atoms. The minimum atomic E-state index is -0.363. The summed E-state index contributed by atoms with van der Waals surface area (Å²) in [6.45, 7) is 2.03. The summed E-state index contributed by atoms with van der Waals surface area (Å²) in [6, 6.07) is 13.2. The van der Waals surface area contributed by atoms with Crippen LogP contribution in [0.5, 0.6) is 0 Å². The molecule has 1 heterocycles. The highest BCUT2D eigenvalue weighted by Crippen LogP contribution is 2.32. The third-order valence-corrected chi connectivity index (χ3v) is 4.27. The van der Waals surface area contributed by atoms with Crippen LogP contribution in [0.3, 0.4) is 0 Å². The molecule has 1 atom stereocenters. The second-order valence-electron chi connectivity index (χ2n) is 5.33. The maximum absolute atomic E-state index is 12.2. The number of benzene rings is 2. The molecule has 1 amide bonds. The standard InChI is InChI=1S/C17H14Cl2N2O/c1-10-3-2-4-11(7-10)16-9-14(17(22)21-20-16)13-6-5-12(18)8-15(13)19/h2-8,14H,9H2,1H3,(H,21,22). The molecule has 1 unspecified atom stereocenters. The van der Waals surface area contributed by atoms with E-state index >= 15 is 0 Å². The summed E-state index contributed by atoms with van der Waals surface area (Å²) in [5.41, 5.74) is 6.37. The van der Waals surface area contributed by atoms with Gasteiger partial charge < -0.3 is 0 Å². The van der Waals surface area contributed by atoms with E-state index in [9.17, 15) is 4.79 Å². The van der Waals surface area contributed by atoms with E-state index in [-0.39, 0.29) is 11.8 Å². The van der Waals surface area contributed by atoms with Gasteiger partial charge in [-0.05, 0) is 30.2 Å². The summed E-state index contributed by atoms with van der Waals surface area (Å²) in [5, 5.41) is 5.24. The highest BCUT2D eigenvalue weighted by Gasteiger charge is 2.28. The molecule has 0 saturated carbocycles. The van der Waals surface area contributed by atoms with Crippen molar-refractivity contribution in [3.8, 4) is 0 Å². The molecule has 2 aromatic carbocycles. The van der Waals surface area contributed by atoms with Gasteiger partial charge in [-0.15, -0.1) is 0 Å². The Morgan fingerprint density at radius 3 is 2.73 bits per heavy atom. The van der Waals surface area contributed by atoms with Gasteiger partial charge in [-0.1, -0.05) is 59.1 Å². The van der Waals surface area contributed by atoms with Gasteiger partial charge >= 0.3 is 0 Å². The molecule has 0 saturated heterocycles. The fourth-order valence-corrected chi connectivity index (χ4v) is 3.11. The predicted molar refractivity (Wildman–Crippen MR) is 89.7 cm³/mol. The van der Waals surface area contributed by atoms with E-state index in [4.69, 9.17) is 23.2 Å². The average molecular weight is 333 g/mol. The van der Waals surface area contributed by atoms with E-state index in [1.165, 1.54) is 0 Å². The van der Waals surface area contributed by atoms with Crippen molar-refractivity contribution in [2.45, 2.75) is 19.3 Å². The molecule has 0 radical (unpaired) electrons. The lowest BCUT2D eigenvalue weighted by atomic mass is 9.89. The minimum absolute atomic E-state index is 0.152. The first-order valence-corrected chi connectivity index (χ1v) is 7.68. The lowest BCUT2D eigenvalue weighted by molar-refractivity contribution is -0.122. The predicted octanol–water partition coefficient (Wildman–Crippen LogP) is 4.31. The molecule has 0 aliphatic carbocycles. The molecule has 22 heavy (non-hydrogen) atoms. The van der Waals surface area contributed by atoms with Crippen LogP contribution in [-0.2, 0) is 4.79 Å². The number of halogens is 2. The molecule has 112 valence electrons. The van der Waals surface area contributed by atoms with Crippen molar-refractivity contribution in [1.29, 1.82) is 0 Å². The molecule has 3 rings (SSSR count). The molecule has 3 nitrogen and oxygen atoms in total. The minimum Gasteiger partial charge on any atom is -0.272 e. The van der Waals surface area contributed by atoms with Crippen LogP contribution < -0.4 is 5.43 Å². The number of hydrogen-bond acceptors (Lipinski definition) is 2. The van der Waals surface area contributed by atoms with Crippen molar-refractivity contribution in [3.05, 3.63) is 69.2 Å². The van der Waals surface area contributed by atoms with Gasteiger partial charge in [0.15, 0.2) is 0 Å². The molecular weight excluding hydrogens is 319 g/mol. The maximum atomic E-state index is 12.2. The van der Waals surface area contributed by atoms with E-state index in [0.717, 1.165) is 22.4 Å². The van der Waals surface area contributed by atoms with Crippen molar-refractivity contribution in [2.24, 2.45) is 5.10 Å². The van der Waals surface area contributed by atoms with Gasteiger partial charge in [-0.2, -0.15) is 5.10 Å². The van der Waals surface area contributed by atoms with Crippen LogP contribution in [0.2, 0.25) is 10.0 Å². The van der Waals surface area contributed by atoms with Crippen LogP contribution in [0.15, 0.2) is 47.6 Å². The van der Waals surface area contributed by atoms with Gasteiger partial charge in [-0.3, -0.25) is 4.79 Å². The summed E-state index contributed by atoms with van der Waals surface area (Å²) in [6.07, 6.45) is 0.511. The quantitative estimate of drug-likeness (QED) is 0.874. The molecular formula is C17H14Cl2N2O. The topological polar surface area (TPSA) is 41.5 Å². The van der Waals surface area contributed by atoms with E-state index < -0.39 is 0 Å². The van der Waals surface area contributed by atoms with Gasteiger partial charge in [0, 0.05) is 16.5 Å². The van der Waals surface area contributed by atoms with Crippen molar-refractivity contribution >= 4 is 34.8 Å². The van der Waals surface area contributed by atoms with Crippen LogP contribution in [0.4, 0.5) is 0 Å². The molecule has 5 heteroatoms. The number of hydrogen-bond donors (Lipinski definition) is 1. The number of carbonyl (C=O) groups excluding carboxylic acids is 1. The summed E-state index contributed by atoms with van der Waals surface area (Å²) in [4.78, 5) is 12.2. The molecule has 0 spiro atoms. The Balaban J connectivity index is 1.94. The monoisotopic (exact) mass is 332 g/mol. The van der Waals surface area contributed by atoms with Crippen molar-refractivity contribution in [3.63, 3.8) is 0 Å². The Morgan fingerprint density at radius 1 is 1.18 bits per heavy atom. The van der Waals surface area contributed by atoms with Gasteiger partial charge in [0.1, 0.15) is 0 Å². The third-order valence-electron chi connectivity index (χ3n) is 3.70. The number of rotatable bonds is 2. The smallest absolute Gasteiger partial charge is 0.248 e. The van der Waals surface area contributed by atoms with Crippen molar-refractivity contribution < 1.29 is 4.79 Å². The van der Waals surface area contributed by atoms with Gasteiger partial charge in [-0.25, -0.2) is 5.43 Å². The normalized spacial score (nSPS) is 17.9. The number of nitrogens with zero attached hydrogens (tertiary/aromatic N) is 1. The second-order valence-corrected chi connectivity index (χ2v) is 6.17. The number of nitrogens with one attached hydrogen (secondary N) is 1. The van der Waals surface area contributed by atoms with E-state index in [1.54, 1.807) is 18.2 Å². The van der Waals surface area contributed by atoms with E-state index in [1.807, 2.05) is 25.1 Å². The third kappa shape index (κ3) is 3.01. The first-order valence-electron chi connectivity index (χ1n) is 6.93. The Hall–Kier alpha value is -1.84. The van der Waals surface area contributed by atoms with E-state index in [2.05, 4.69) is 16.6 Å². The number of aryl methyl sites for hydroxylation is 1. The van der Waals surface area contributed by atoms with Gasteiger partial charge in [0.05, 0.1) is 11.6 Å². The van der Waals surface area contributed by atoms with Crippen LogP contribution in [0.1, 0.15) is 29.0 Å². The number of hydrazone groups is 1. The van der Waals surface area contributed by atoms with E-state index in [0.29, 0.717) is 16.5 Å². The fourth-order valence-electron chi connectivity index (χ4n) is 2.57. The fraction of sp³-hybridized carbons (Fsp3) is 0.176. The SMILES string of the molecule is Cc1cccc(C2=NNC(=O)C(c3ccc(Cl)cc3Cl)C2)c1. The maximum Gasteiger partial charge on any atom is 0.248 e. The molecule has 0 fully saturated rings. The summed E-state index contributed by atoms with van der Waals surface area (Å²) >= 11 is 12.2. The lowest BCUT2D eigenvalue weighted by Gasteiger charge is -2.23. The molecule has 1 aliphatic heterocycles. The lowest BCUT2D eigenvalue weighted by Crippen LogP contribution is -2.33. The zero-order valence-electron chi connectivity index (χ0n) is 11.9. The number of amides is 1. The number of carbonyl (C=O) groups is 1. The Bertz CT molecular complexity index is 771.